The highest BCUT2D eigenvalue weighted by atomic mass is 32.2. The van der Waals surface area contributed by atoms with Gasteiger partial charge in [0.1, 0.15) is 16.7 Å². The number of carbonyl (C=O) groups excluding carboxylic acids is 1. The summed E-state index contributed by atoms with van der Waals surface area (Å²) in [6, 6.07) is 9.61. The summed E-state index contributed by atoms with van der Waals surface area (Å²) in [5, 5.41) is 2.93. The predicted molar refractivity (Wildman–Crippen MR) is 150 cm³/mol. The molecule has 2 aliphatic heterocycles. The molecule has 0 spiro atoms. The van der Waals surface area contributed by atoms with E-state index in [1.807, 2.05) is 13.8 Å². The van der Waals surface area contributed by atoms with Crippen LogP contribution >= 0.6 is 8.03 Å². The summed E-state index contributed by atoms with van der Waals surface area (Å²) >= 11 is 0. The first-order chi connectivity index (χ1) is 19.6. The van der Waals surface area contributed by atoms with Crippen LogP contribution in [-0.2, 0) is 35.2 Å². The Morgan fingerprint density at radius 3 is 2.71 bits per heavy atom. The van der Waals surface area contributed by atoms with E-state index in [1.165, 1.54) is 22.8 Å². The van der Waals surface area contributed by atoms with Crippen molar-refractivity contribution in [3.63, 3.8) is 0 Å². The highest BCUT2D eigenvalue weighted by Gasteiger charge is 2.44. The molecule has 0 bridgehead atoms. The number of carbonyl (C=O) groups is 1. The van der Waals surface area contributed by atoms with Crippen LogP contribution in [0.1, 0.15) is 32.3 Å². The molecule has 2 aromatic rings. The van der Waals surface area contributed by atoms with Crippen molar-refractivity contribution in [2.24, 2.45) is 11.8 Å². The van der Waals surface area contributed by atoms with Crippen molar-refractivity contribution >= 4 is 24.1 Å². The van der Waals surface area contributed by atoms with Crippen molar-refractivity contribution in [1.82, 2.24) is 14.6 Å². The van der Waals surface area contributed by atoms with Gasteiger partial charge in [0.2, 0.25) is 18.1 Å². The van der Waals surface area contributed by atoms with Crippen molar-refractivity contribution in [2.75, 3.05) is 32.7 Å². The number of fused-ring (bicyclic) bond motifs is 1. The van der Waals surface area contributed by atoms with Crippen LogP contribution in [0.3, 0.4) is 0 Å². The first kappa shape index (κ1) is 31.4. The molecule has 2 fully saturated rings. The number of benzene rings is 1. The third kappa shape index (κ3) is 8.97. The molecule has 41 heavy (non-hydrogen) atoms. The van der Waals surface area contributed by atoms with Gasteiger partial charge in [0, 0.05) is 31.5 Å². The number of nitrogens with zero attached hydrogens (tertiary/aromatic N) is 2. The summed E-state index contributed by atoms with van der Waals surface area (Å²) < 4.78 is 61.4. The van der Waals surface area contributed by atoms with E-state index in [-0.39, 0.29) is 42.5 Å². The monoisotopic (exact) mass is 611 g/mol. The number of aromatic nitrogens is 1. The largest absolute Gasteiger partial charge is 0.484 e. The average molecular weight is 612 g/mol. The van der Waals surface area contributed by atoms with Gasteiger partial charge < -0.3 is 29.2 Å². The minimum absolute atomic E-state index is 0.00668. The SMILES string of the molecule is CC(C)CN(CC[C@H](Cc1ccc(OC[PH](=O)O)cc1)NC(=O)O[C@H]1CO[C@H]2OCC[C@H]21)S(=O)(=O)c1cccnc1. The average Bonchev–Trinajstić information content (AvgIpc) is 3.56. The highest BCUT2D eigenvalue weighted by Crippen LogP contribution is 2.33. The van der Waals surface area contributed by atoms with E-state index in [9.17, 15) is 17.8 Å². The summed E-state index contributed by atoms with van der Waals surface area (Å²) in [6.07, 6.45) is 2.68. The first-order valence-corrected chi connectivity index (χ1v) is 16.7. The van der Waals surface area contributed by atoms with E-state index in [2.05, 4.69) is 10.3 Å². The molecule has 0 saturated carbocycles. The molecule has 14 heteroatoms. The number of pyridine rings is 1. The highest BCUT2D eigenvalue weighted by molar-refractivity contribution is 7.89. The second kappa shape index (κ2) is 14.6. The van der Waals surface area contributed by atoms with Crippen LogP contribution in [0, 0.1) is 11.8 Å². The topological polar surface area (TPSA) is 154 Å². The minimum Gasteiger partial charge on any atom is -0.484 e. The molecule has 1 amide bonds. The maximum atomic E-state index is 13.4. The van der Waals surface area contributed by atoms with E-state index in [1.54, 1.807) is 30.3 Å². The molecule has 3 heterocycles. The van der Waals surface area contributed by atoms with Gasteiger partial charge in [0.25, 0.3) is 0 Å². The van der Waals surface area contributed by atoms with E-state index in [4.69, 9.17) is 23.8 Å². The minimum atomic E-state index is -3.80. The molecular formula is C27H38N3O9PS. The summed E-state index contributed by atoms with van der Waals surface area (Å²) in [5.74, 6) is 0.516. The number of hydrogen-bond acceptors (Lipinski definition) is 9. The second-order valence-corrected chi connectivity index (χ2v) is 13.6. The van der Waals surface area contributed by atoms with Gasteiger partial charge in [-0.1, -0.05) is 26.0 Å². The van der Waals surface area contributed by atoms with E-state index in [0.717, 1.165) is 12.0 Å². The quantitative estimate of drug-likeness (QED) is 0.305. The molecule has 0 aliphatic carbocycles. The lowest BCUT2D eigenvalue weighted by molar-refractivity contribution is -0.0907. The van der Waals surface area contributed by atoms with Gasteiger partial charge in [-0.15, -0.1) is 0 Å². The van der Waals surface area contributed by atoms with Crippen LogP contribution in [0.5, 0.6) is 5.75 Å². The number of nitrogens with one attached hydrogen (secondary N) is 1. The number of rotatable bonds is 14. The normalized spacial score (nSPS) is 21.9. The fourth-order valence-electron chi connectivity index (χ4n) is 4.93. The molecule has 12 nitrogen and oxygen atoms in total. The molecular weight excluding hydrogens is 573 g/mol. The van der Waals surface area contributed by atoms with Gasteiger partial charge in [-0.3, -0.25) is 9.55 Å². The zero-order valence-electron chi connectivity index (χ0n) is 23.2. The van der Waals surface area contributed by atoms with Crippen LogP contribution in [-0.4, -0.2) is 79.8 Å². The number of sulfonamides is 1. The second-order valence-electron chi connectivity index (χ2n) is 10.6. The molecule has 1 aromatic heterocycles. The number of alkyl carbamates (subject to hydrolysis) is 1. The van der Waals surface area contributed by atoms with Crippen molar-refractivity contribution in [1.29, 1.82) is 0 Å². The molecule has 1 unspecified atom stereocenters. The Hall–Kier alpha value is -2.54. The van der Waals surface area contributed by atoms with Gasteiger partial charge in [0.05, 0.1) is 19.1 Å². The Morgan fingerprint density at radius 2 is 2.02 bits per heavy atom. The summed E-state index contributed by atoms with van der Waals surface area (Å²) in [5.41, 5.74) is 0.860. The molecule has 2 N–H and O–H groups in total. The maximum Gasteiger partial charge on any atom is 0.407 e. The van der Waals surface area contributed by atoms with Gasteiger partial charge in [-0.25, -0.2) is 13.2 Å². The summed E-state index contributed by atoms with van der Waals surface area (Å²) in [7, 11) is -6.56. The molecule has 2 aliphatic rings. The summed E-state index contributed by atoms with van der Waals surface area (Å²) in [4.78, 5) is 26.1. The standard InChI is InChI=1S/C27H38N3O9PS/c1-19(2)16-30(41(34,35)23-4-3-11-28-15-23)12-9-21(14-20-5-7-22(8-6-20)38-18-40(32)33)29-27(31)39-25-17-37-26-24(25)10-13-36-26/h3-8,11,15,19,21,24-26,40H,9-10,12-14,16-18H2,1-2H3,(H,29,31)(H,32,33)/t21-,24+,25+,26-/m1/s1. The van der Waals surface area contributed by atoms with E-state index >= 15 is 0 Å². The Morgan fingerprint density at radius 1 is 1.24 bits per heavy atom. The van der Waals surface area contributed by atoms with Gasteiger partial charge >= 0.3 is 6.09 Å². The zero-order valence-corrected chi connectivity index (χ0v) is 25.0. The third-order valence-electron chi connectivity index (χ3n) is 6.90. The van der Waals surface area contributed by atoms with Crippen molar-refractivity contribution in [3.05, 3.63) is 54.4 Å². The first-order valence-electron chi connectivity index (χ1n) is 13.7. The van der Waals surface area contributed by atoms with E-state index in [0.29, 0.717) is 31.7 Å². The number of ether oxygens (including phenoxy) is 4. The lowest BCUT2D eigenvalue weighted by atomic mass is 10.0. The van der Waals surface area contributed by atoms with Crippen LogP contribution in [0.25, 0.3) is 0 Å². The Balaban J connectivity index is 1.46. The van der Waals surface area contributed by atoms with E-state index < -0.39 is 36.3 Å². The maximum absolute atomic E-state index is 13.4. The smallest absolute Gasteiger partial charge is 0.407 e. The fraction of sp³-hybridized carbons (Fsp3) is 0.556. The summed E-state index contributed by atoms with van der Waals surface area (Å²) in [6.45, 7) is 5.18. The number of amides is 1. The zero-order chi connectivity index (χ0) is 29.4. The molecule has 2 saturated heterocycles. The fourth-order valence-corrected chi connectivity index (χ4v) is 6.80. The Bertz CT molecular complexity index is 1260. The molecule has 0 radical (unpaired) electrons. The Labute approximate surface area is 241 Å². The molecule has 5 atom stereocenters. The van der Waals surface area contributed by atoms with Crippen LogP contribution in [0.2, 0.25) is 0 Å². The lowest BCUT2D eigenvalue weighted by Gasteiger charge is -2.27. The predicted octanol–water partition coefficient (Wildman–Crippen LogP) is 3.02. The van der Waals surface area contributed by atoms with Crippen LogP contribution in [0.4, 0.5) is 4.79 Å². The molecule has 226 valence electrons. The van der Waals surface area contributed by atoms with Crippen LogP contribution in [0.15, 0.2) is 53.7 Å². The Kier molecular flexibility index (Phi) is 11.2. The van der Waals surface area contributed by atoms with Crippen LogP contribution < -0.4 is 10.1 Å². The van der Waals surface area contributed by atoms with Crippen molar-refractivity contribution in [3.8, 4) is 5.75 Å². The number of hydrogen-bond donors (Lipinski definition) is 2. The van der Waals surface area contributed by atoms with Gasteiger partial charge in [-0.05, 0) is 55.0 Å². The molecule has 1 aromatic carbocycles. The van der Waals surface area contributed by atoms with Gasteiger partial charge in [0.15, 0.2) is 12.6 Å². The lowest BCUT2D eigenvalue weighted by Crippen LogP contribution is -2.43. The van der Waals surface area contributed by atoms with Crippen molar-refractivity contribution in [2.45, 2.75) is 56.4 Å². The van der Waals surface area contributed by atoms with Crippen molar-refractivity contribution < 1.29 is 41.6 Å². The van der Waals surface area contributed by atoms with Gasteiger partial charge in [-0.2, -0.15) is 4.31 Å². The molecule has 4 rings (SSSR count). The third-order valence-corrected chi connectivity index (χ3v) is 9.14.